The maximum atomic E-state index is 12.1. The van der Waals surface area contributed by atoms with Gasteiger partial charge in [0.05, 0.1) is 25.8 Å². The predicted molar refractivity (Wildman–Crippen MR) is 113 cm³/mol. The van der Waals surface area contributed by atoms with Gasteiger partial charge in [-0.25, -0.2) is 9.97 Å². The van der Waals surface area contributed by atoms with Crippen LogP contribution in [0.4, 0.5) is 5.82 Å². The third-order valence-electron chi connectivity index (χ3n) is 4.86. The van der Waals surface area contributed by atoms with Crippen LogP contribution in [-0.2, 0) is 9.53 Å². The molecular weight excluding hydrogens is 398 g/mol. The molecule has 29 heavy (non-hydrogen) atoms. The van der Waals surface area contributed by atoms with Gasteiger partial charge in [0.25, 0.3) is 0 Å². The molecule has 1 aromatic heterocycles. The van der Waals surface area contributed by atoms with Gasteiger partial charge in [-0.05, 0) is 32.4 Å². The maximum absolute atomic E-state index is 12.1. The Labute approximate surface area is 176 Å². The summed E-state index contributed by atoms with van der Waals surface area (Å²) in [5.41, 5.74) is 6.83. The SMILES string of the molecule is CNC(CCNC(=O)[C@@H]1CCCO1)c1nc(N)c2cc(OC)c(OC)cc2n1.Cl. The quantitative estimate of drug-likeness (QED) is 0.583. The van der Waals surface area contributed by atoms with Gasteiger partial charge in [-0.1, -0.05) is 0 Å². The lowest BCUT2D eigenvalue weighted by atomic mass is 10.1. The average Bonchev–Trinajstić information content (AvgIpc) is 3.25. The van der Waals surface area contributed by atoms with Crippen LogP contribution >= 0.6 is 12.4 Å². The highest BCUT2D eigenvalue weighted by atomic mass is 35.5. The van der Waals surface area contributed by atoms with Gasteiger partial charge < -0.3 is 30.6 Å². The van der Waals surface area contributed by atoms with Gasteiger partial charge in [-0.15, -0.1) is 12.4 Å². The molecule has 1 aliphatic rings. The summed E-state index contributed by atoms with van der Waals surface area (Å²) in [6.45, 7) is 1.13. The highest BCUT2D eigenvalue weighted by molar-refractivity contribution is 5.90. The Bertz CT molecular complexity index is 845. The minimum Gasteiger partial charge on any atom is -0.493 e. The Morgan fingerprint density at radius 2 is 2.03 bits per heavy atom. The number of nitrogens with two attached hydrogens (primary N) is 1. The summed E-state index contributed by atoms with van der Waals surface area (Å²) in [6, 6.07) is 3.38. The number of carbonyl (C=O) groups is 1. The van der Waals surface area contributed by atoms with Crippen molar-refractivity contribution in [2.75, 3.05) is 40.2 Å². The second-order valence-electron chi connectivity index (χ2n) is 6.61. The van der Waals surface area contributed by atoms with Gasteiger partial charge in [-0.3, -0.25) is 4.79 Å². The minimum atomic E-state index is -0.331. The van der Waals surface area contributed by atoms with E-state index in [0.717, 1.165) is 12.8 Å². The number of hydrogen-bond acceptors (Lipinski definition) is 8. The number of carbonyl (C=O) groups excluding carboxylic acids is 1. The van der Waals surface area contributed by atoms with Gasteiger partial charge in [0.1, 0.15) is 17.7 Å². The van der Waals surface area contributed by atoms with Crippen molar-refractivity contribution in [2.24, 2.45) is 0 Å². The van der Waals surface area contributed by atoms with Crippen molar-refractivity contribution in [1.29, 1.82) is 0 Å². The third kappa shape index (κ3) is 5.17. The van der Waals surface area contributed by atoms with E-state index < -0.39 is 0 Å². The standard InChI is InChI=1S/C19H27N5O4.ClH/c1-21-12(6-7-22-19(25)14-5-4-8-28-14)18-23-13-10-16(27-3)15(26-2)9-11(13)17(20)24-18;/h9-10,12,14,21H,4-8H2,1-3H3,(H,22,25)(H2,20,23,24);1H/t12?,14-;/m0./s1. The van der Waals surface area contributed by atoms with E-state index in [1.165, 1.54) is 0 Å². The Kier molecular flexibility index (Phi) is 8.24. The first-order chi connectivity index (χ1) is 13.6. The summed E-state index contributed by atoms with van der Waals surface area (Å²) in [6.07, 6.45) is 1.99. The van der Waals surface area contributed by atoms with Crippen LogP contribution in [0.25, 0.3) is 10.9 Å². The number of nitrogen functional groups attached to an aromatic ring is 1. The van der Waals surface area contributed by atoms with Crippen molar-refractivity contribution in [3.05, 3.63) is 18.0 Å². The number of ether oxygens (including phenoxy) is 3. The second-order valence-corrected chi connectivity index (χ2v) is 6.61. The van der Waals surface area contributed by atoms with E-state index >= 15 is 0 Å². The number of fused-ring (bicyclic) bond motifs is 1. The molecule has 1 amide bonds. The molecule has 3 rings (SSSR count). The molecule has 2 atom stereocenters. The monoisotopic (exact) mass is 425 g/mol. The zero-order chi connectivity index (χ0) is 20.1. The number of rotatable bonds is 8. The highest BCUT2D eigenvalue weighted by Gasteiger charge is 2.23. The molecule has 2 heterocycles. The van der Waals surface area contributed by atoms with E-state index in [-0.39, 0.29) is 30.5 Å². The van der Waals surface area contributed by atoms with Crippen LogP contribution in [-0.4, -0.2) is 56.4 Å². The first-order valence-electron chi connectivity index (χ1n) is 9.33. The molecular formula is C19H28ClN5O4. The summed E-state index contributed by atoms with van der Waals surface area (Å²) >= 11 is 0. The number of aromatic nitrogens is 2. The largest absolute Gasteiger partial charge is 0.493 e. The zero-order valence-electron chi connectivity index (χ0n) is 16.9. The lowest BCUT2D eigenvalue weighted by Gasteiger charge is -2.18. The van der Waals surface area contributed by atoms with Gasteiger partial charge in [0, 0.05) is 24.6 Å². The fraction of sp³-hybridized carbons (Fsp3) is 0.526. The summed E-state index contributed by atoms with van der Waals surface area (Å²) in [5.74, 6) is 2.00. The fourth-order valence-electron chi connectivity index (χ4n) is 3.29. The smallest absolute Gasteiger partial charge is 0.249 e. The maximum Gasteiger partial charge on any atom is 0.249 e. The number of hydrogen-bond donors (Lipinski definition) is 3. The third-order valence-corrected chi connectivity index (χ3v) is 4.86. The number of amides is 1. The summed E-state index contributed by atoms with van der Waals surface area (Å²) in [4.78, 5) is 21.2. The molecule has 1 fully saturated rings. The number of methoxy groups -OCH3 is 2. The summed E-state index contributed by atoms with van der Waals surface area (Å²) < 4.78 is 16.1. The molecule has 10 heteroatoms. The van der Waals surface area contributed by atoms with E-state index in [2.05, 4.69) is 20.6 Å². The van der Waals surface area contributed by atoms with Gasteiger partial charge in [0.15, 0.2) is 11.5 Å². The highest BCUT2D eigenvalue weighted by Crippen LogP contribution is 2.33. The van der Waals surface area contributed by atoms with Crippen LogP contribution in [0, 0.1) is 0 Å². The number of nitrogens with zero attached hydrogens (tertiary/aromatic N) is 2. The van der Waals surface area contributed by atoms with E-state index in [9.17, 15) is 4.79 Å². The Balaban J connectivity index is 0.00000300. The zero-order valence-corrected chi connectivity index (χ0v) is 17.7. The number of nitrogens with one attached hydrogen (secondary N) is 2. The Hall–Kier alpha value is -2.36. The lowest BCUT2D eigenvalue weighted by molar-refractivity contribution is -0.130. The van der Waals surface area contributed by atoms with Crippen LogP contribution in [0.3, 0.4) is 0 Å². The molecule has 160 valence electrons. The van der Waals surface area contributed by atoms with E-state index in [4.69, 9.17) is 19.9 Å². The van der Waals surface area contributed by atoms with E-state index in [1.54, 1.807) is 26.4 Å². The van der Waals surface area contributed by atoms with Crippen LogP contribution in [0.2, 0.25) is 0 Å². The van der Waals surface area contributed by atoms with Gasteiger partial charge >= 0.3 is 0 Å². The fourth-order valence-corrected chi connectivity index (χ4v) is 3.29. The van der Waals surface area contributed by atoms with E-state index in [0.29, 0.717) is 53.6 Å². The van der Waals surface area contributed by atoms with Gasteiger partial charge in [0.2, 0.25) is 5.91 Å². The molecule has 2 aromatic rings. The van der Waals surface area contributed by atoms with Crippen molar-refractivity contribution < 1.29 is 19.0 Å². The number of halogens is 1. The second kappa shape index (κ2) is 10.4. The molecule has 0 bridgehead atoms. The number of anilines is 1. The van der Waals surface area contributed by atoms with Gasteiger partial charge in [-0.2, -0.15) is 0 Å². The molecule has 9 nitrogen and oxygen atoms in total. The molecule has 0 saturated carbocycles. The molecule has 1 unspecified atom stereocenters. The molecule has 4 N–H and O–H groups in total. The van der Waals surface area contributed by atoms with Crippen LogP contribution in [0.15, 0.2) is 12.1 Å². The molecule has 0 spiro atoms. The molecule has 1 saturated heterocycles. The summed E-state index contributed by atoms with van der Waals surface area (Å²) in [5, 5.41) is 6.80. The molecule has 0 radical (unpaired) electrons. The molecule has 1 aliphatic heterocycles. The molecule has 0 aliphatic carbocycles. The van der Waals surface area contributed by atoms with Crippen LogP contribution in [0.1, 0.15) is 31.1 Å². The Morgan fingerprint density at radius 3 is 2.66 bits per heavy atom. The predicted octanol–water partition coefficient (Wildman–Crippen LogP) is 1.60. The minimum absolute atomic E-state index is 0. The first kappa shape index (κ1) is 22.9. The van der Waals surface area contributed by atoms with Crippen LogP contribution < -0.4 is 25.8 Å². The van der Waals surface area contributed by atoms with Crippen LogP contribution in [0.5, 0.6) is 11.5 Å². The topological polar surface area (TPSA) is 121 Å². The van der Waals surface area contributed by atoms with Crippen molar-refractivity contribution in [3.8, 4) is 11.5 Å². The van der Waals surface area contributed by atoms with Crippen molar-refractivity contribution >= 4 is 35.0 Å². The normalized spacial score (nSPS) is 16.9. The van der Waals surface area contributed by atoms with Crippen molar-refractivity contribution in [1.82, 2.24) is 20.6 Å². The average molecular weight is 426 g/mol. The van der Waals surface area contributed by atoms with E-state index in [1.807, 2.05) is 7.05 Å². The van der Waals surface area contributed by atoms with Crippen molar-refractivity contribution in [2.45, 2.75) is 31.4 Å². The lowest BCUT2D eigenvalue weighted by Crippen LogP contribution is -2.36. The Morgan fingerprint density at radius 1 is 1.31 bits per heavy atom. The first-order valence-corrected chi connectivity index (χ1v) is 9.33. The number of benzene rings is 1. The van der Waals surface area contributed by atoms with Crippen molar-refractivity contribution in [3.63, 3.8) is 0 Å². The summed E-state index contributed by atoms with van der Waals surface area (Å²) in [7, 11) is 4.96. The molecule has 1 aromatic carbocycles.